The van der Waals surface area contributed by atoms with Gasteiger partial charge in [0.25, 0.3) is 0 Å². The molecule has 0 fully saturated rings. The van der Waals surface area contributed by atoms with Crippen molar-refractivity contribution in [2.45, 2.75) is 20.1 Å². The Balaban J connectivity index is 1.71. The lowest BCUT2D eigenvalue weighted by molar-refractivity contribution is 0.251. The van der Waals surface area contributed by atoms with Crippen LogP contribution in [0.2, 0.25) is 0 Å². The Labute approximate surface area is 154 Å². The summed E-state index contributed by atoms with van der Waals surface area (Å²) >= 11 is 0. The van der Waals surface area contributed by atoms with Gasteiger partial charge in [-0.3, -0.25) is 10.4 Å². The van der Waals surface area contributed by atoms with Gasteiger partial charge < -0.3 is 19.9 Å². The van der Waals surface area contributed by atoms with Crippen molar-refractivity contribution in [1.82, 2.24) is 25.5 Å². The molecular weight excluding hydrogens is 352 g/mol. The van der Waals surface area contributed by atoms with Crippen LogP contribution < -0.4 is 20.1 Å². The number of aromatic amines is 1. The Morgan fingerprint density at radius 2 is 2.22 bits per heavy atom. The van der Waals surface area contributed by atoms with Gasteiger partial charge in [-0.15, -0.1) is 5.10 Å². The number of H-pyrrole nitrogens is 1. The molecule has 0 aliphatic rings. The predicted octanol–water partition coefficient (Wildman–Crippen LogP) is 1.57. The Morgan fingerprint density at radius 1 is 1.37 bits per heavy atom. The first kappa shape index (κ1) is 18.4. The molecule has 0 atom stereocenters. The number of rotatable bonds is 7. The number of aliphatic hydroxyl groups is 1. The number of nitrogens with zero attached hydrogens (tertiary/aromatic N) is 3. The molecule has 27 heavy (non-hydrogen) atoms. The van der Waals surface area contributed by atoms with Crippen molar-refractivity contribution in [1.29, 1.82) is 0 Å². The Bertz CT molecular complexity index is 942. The van der Waals surface area contributed by atoms with Crippen LogP contribution in [0.3, 0.4) is 0 Å². The van der Waals surface area contributed by atoms with Crippen molar-refractivity contribution in [3.05, 3.63) is 35.7 Å². The number of nitrogens with one attached hydrogen (secondary N) is 3. The van der Waals surface area contributed by atoms with E-state index in [9.17, 15) is 9.90 Å². The number of hydrogen-bond acceptors (Lipinski definition) is 7. The highest BCUT2D eigenvalue weighted by Gasteiger charge is 2.15. The second-order valence-corrected chi connectivity index (χ2v) is 5.48. The quantitative estimate of drug-likeness (QED) is 0.494. The zero-order chi connectivity index (χ0) is 19.2. The van der Waals surface area contributed by atoms with Gasteiger partial charge in [0.1, 0.15) is 5.82 Å². The SMILES string of the molecule is CCOc1ncccc1CNC(=O)Nc1cc2[nH]nc(OC)c2c(CO)n1. The lowest BCUT2D eigenvalue weighted by Crippen LogP contribution is -2.29. The summed E-state index contributed by atoms with van der Waals surface area (Å²) in [6.07, 6.45) is 1.63. The number of carbonyl (C=O) groups is 1. The number of pyridine rings is 2. The third kappa shape index (κ3) is 4.06. The van der Waals surface area contributed by atoms with E-state index in [0.717, 1.165) is 5.56 Å². The van der Waals surface area contributed by atoms with Gasteiger partial charge in [-0.25, -0.2) is 14.8 Å². The molecule has 0 aliphatic heterocycles. The number of urea groups is 1. The summed E-state index contributed by atoms with van der Waals surface area (Å²) in [6, 6.07) is 4.75. The second-order valence-electron chi connectivity index (χ2n) is 5.48. The van der Waals surface area contributed by atoms with Gasteiger partial charge in [0.2, 0.25) is 11.8 Å². The molecule has 2 amide bonds. The van der Waals surface area contributed by atoms with Crippen LogP contribution in [0.1, 0.15) is 18.2 Å². The normalized spacial score (nSPS) is 10.6. The number of carbonyl (C=O) groups excluding carboxylic acids is 1. The minimum atomic E-state index is -0.455. The first-order valence-corrected chi connectivity index (χ1v) is 8.30. The maximum Gasteiger partial charge on any atom is 0.320 e. The van der Waals surface area contributed by atoms with Crippen LogP contribution >= 0.6 is 0 Å². The molecule has 0 bridgehead atoms. The number of methoxy groups -OCH3 is 1. The molecule has 3 aromatic rings. The molecule has 4 N–H and O–H groups in total. The Morgan fingerprint density at radius 3 is 2.96 bits per heavy atom. The van der Waals surface area contributed by atoms with Crippen molar-refractivity contribution < 1.29 is 19.4 Å². The van der Waals surface area contributed by atoms with Crippen LogP contribution in [0.15, 0.2) is 24.4 Å². The smallest absolute Gasteiger partial charge is 0.320 e. The van der Waals surface area contributed by atoms with Crippen molar-refractivity contribution in [2.24, 2.45) is 0 Å². The standard InChI is InChI=1S/C17H20N6O4/c1-3-27-15-10(5-4-6-18-15)8-19-17(25)21-13-7-11-14(12(9-24)20-13)16(26-2)23-22-11/h4-7,24H,3,8-9H2,1-2H3,(H,22,23)(H2,19,20,21,25). The highest BCUT2D eigenvalue weighted by atomic mass is 16.5. The fourth-order valence-corrected chi connectivity index (χ4v) is 2.58. The van der Waals surface area contributed by atoms with Gasteiger partial charge in [-0.1, -0.05) is 6.07 Å². The molecule has 3 rings (SSSR count). The highest BCUT2D eigenvalue weighted by molar-refractivity contribution is 5.93. The van der Waals surface area contributed by atoms with Gasteiger partial charge in [-0.05, 0) is 13.0 Å². The minimum absolute atomic E-state index is 0.238. The van der Waals surface area contributed by atoms with Gasteiger partial charge in [0.05, 0.1) is 36.9 Å². The second kappa shape index (κ2) is 8.32. The summed E-state index contributed by atoms with van der Waals surface area (Å²) in [7, 11) is 1.48. The van der Waals surface area contributed by atoms with E-state index < -0.39 is 6.03 Å². The van der Waals surface area contributed by atoms with E-state index in [4.69, 9.17) is 9.47 Å². The van der Waals surface area contributed by atoms with E-state index in [1.54, 1.807) is 18.3 Å². The molecule has 3 heterocycles. The maximum atomic E-state index is 12.2. The average molecular weight is 372 g/mol. The number of fused-ring (bicyclic) bond motifs is 1. The molecule has 0 aliphatic carbocycles. The number of hydrogen-bond donors (Lipinski definition) is 4. The van der Waals surface area contributed by atoms with E-state index in [1.165, 1.54) is 7.11 Å². The summed E-state index contributed by atoms with van der Waals surface area (Å²) in [5.41, 5.74) is 1.69. The van der Waals surface area contributed by atoms with E-state index in [-0.39, 0.29) is 19.0 Å². The number of amides is 2. The van der Waals surface area contributed by atoms with E-state index >= 15 is 0 Å². The van der Waals surface area contributed by atoms with Crippen LogP contribution in [-0.2, 0) is 13.2 Å². The molecule has 0 aromatic carbocycles. The lowest BCUT2D eigenvalue weighted by atomic mass is 10.2. The number of anilines is 1. The Kier molecular flexibility index (Phi) is 5.67. The van der Waals surface area contributed by atoms with Gasteiger partial charge >= 0.3 is 6.03 Å². The molecule has 0 spiro atoms. The van der Waals surface area contributed by atoms with Gasteiger partial charge in [-0.2, -0.15) is 0 Å². The summed E-state index contributed by atoms with van der Waals surface area (Å²) in [6.45, 7) is 2.26. The first-order chi connectivity index (χ1) is 13.2. The number of ether oxygens (including phenoxy) is 2. The molecule has 142 valence electrons. The van der Waals surface area contributed by atoms with E-state index in [0.29, 0.717) is 35.0 Å². The van der Waals surface area contributed by atoms with Crippen molar-refractivity contribution in [2.75, 3.05) is 19.0 Å². The maximum absolute atomic E-state index is 12.2. The Hall–Kier alpha value is -3.40. The highest BCUT2D eigenvalue weighted by Crippen LogP contribution is 2.27. The molecule has 0 unspecified atom stereocenters. The predicted molar refractivity (Wildman–Crippen MR) is 97.6 cm³/mol. The van der Waals surface area contributed by atoms with Crippen LogP contribution in [-0.4, -0.2) is 45.0 Å². The molecule has 10 nitrogen and oxygen atoms in total. The molecule has 0 radical (unpaired) electrons. The van der Waals surface area contributed by atoms with E-state index in [2.05, 4.69) is 30.8 Å². The van der Waals surface area contributed by atoms with Crippen molar-refractivity contribution in [3.63, 3.8) is 0 Å². The topological polar surface area (TPSA) is 134 Å². The van der Waals surface area contributed by atoms with Gasteiger partial charge in [0, 0.05) is 24.4 Å². The summed E-state index contributed by atoms with van der Waals surface area (Å²) in [5, 5.41) is 22.3. The molecule has 0 saturated carbocycles. The third-order valence-electron chi connectivity index (χ3n) is 3.74. The zero-order valence-electron chi connectivity index (χ0n) is 14.9. The van der Waals surface area contributed by atoms with Crippen LogP contribution in [0.25, 0.3) is 10.9 Å². The lowest BCUT2D eigenvalue weighted by Gasteiger charge is -2.11. The van der Waals surface area contributed by atoms with Crippen LogP contribution in [0.4, 0.5) is 10.6 Å². The largest absolute Gasteiger partial charge is 0.479 e. The summed E-state index contributed by atoms with van der Waals surface area (Å²) < 4.78 is 10.6. The summed E-state index contributed by atoms with van der Waals surface area (Å²) in [4.78, 5) is 20.6. The average Bonchev–Trinajstić information content (AvgIpc) is 3.10. The molecule has 0 saturated heterocycles. The molecular formula is C17H20N6O4. The fraction of sp³-hybridized carbons (Fsp3) is 0.294. The van der Waals surface area contributed by atoms with Crippen LogP contribution in [0.5, 0.6) is 11.8 Å². The van der Waals surface area contributed by atoms with Crippen molar-refractivity contribution in [3.8, 4) is 11.8 Å². The first-order valence-electron chi connectivity index (χ1n) is 8.30. The third-order valence-corrected chi connectivity index (χ3v) is 3.74. The molecule has 3 aromatic heterocycles. The fourth-order valence-electron chi connectivity index (χ4n) is 2.58. The number of aliphatic hydroxyl groups excluding tert-OH is 1. The number of aromatic nitrogens is 4. The van der Waals surface area contributed by atoms with Gasteiger partial charge in [0.15, 0.2) is 0 Å². The monoisotopic (exact) mass is 372 g/mol. The minimum Gasteiger partial charge on any atom is -0.479 e. The van der Waals surface area contributed by atoms with Crippen molar-refractivity contribution >= 4 is 22.8 Å². The van der Waals surface area contributed by atoms with E-state index in [1.807, 2.05) is 13.0 Å². The van der Waals surface area contributed by atoms with Crippen LogP contribution in [0, 0.1) is 0 Å². The zero-order valence-corrected chi connectivity index (χ0v) is 14.9. The molecule has 10 heteroatoms. The summed E-state index contributed by atoms with van der Waals surface area (Å²) in [5.74, 6) is 1.08.